The number of nitrogens with zero attached hydrogens (tertiary/aromatic N) is 1. The first-order valence-electron chi connectivity index (χ1n) is 6.67. The van der Waals surface area contributed by atoms with Crippen molar-refractivity contribution in [2.24, 2.45) is 5.92 Å². The molecule has 18 heavy (non-hydrogen) atoms. The number of unbranched alkanes of at least 4 members (excludes halogenated alkanes) is 1. The fraction of sp³-hybridized carbons (Fsp3) is 0.571. The minimum atomic E-state index is 0.0597. The normalized spacial score (nSPS) is 12.1. The lowest BCUT2D eigenvalue weighted by Gasteiger charge is -2.14. The summed E-state index contributed by atoms with van der Waals surface area (Å²) < 4.78 is 0. The van der Waals surface area contributed by atoms with E-state index in [0.717, 1.165) is 12.8 Å². The highest BCUT2D eigenvalue weighted by atomic mass is 16.1. The first-order valence-corrected chi connectivity index (χ1v) is 6.67. The van der Waals surface area contributed by atoms with Crippen molar-refractivity contribution >= 4 is 17.4 Å². The Labute approximate surface area is 109 Å². The summed E-state index contributed by atoms with van der Waals surface area (Å²) in [5, 5.41) is 2.85. The average molecular weight is 249 g/mol. The molecule has 0 aliphatic heterocycles. The maximum atomic E-state index is 11.9. The number of aromatic nitrogens is 1. The van der Waals surface area contributed by atoms with Crippen LogP contribution in [0.1, 0.15) is 46.0 Å². The molecule has 4 nitrogen and oxygen atoms in total. The van der Waals surface area contributed by atoms with Crippen molar-refractivity contribution in [3.05, 3.63) is 18.3 Å². The van der Waals surface area contributed by atoms with Gasteiger partial charge in [0.1, 0.15) is 5.82 Å². The number of nitrogen functional groups attached to an aromatic ring is 1. The van der Waals surface area contributed by atoms with E-state index in [-0.39, 0.29) is 5.91 Å². The van der Waals surface area contributed by atoms with Crippen LogP contribution in [0.4, 0.5) is 11.5 Å². The molecule has 4 heteroatoms. The minimum Gasteiger partial charge on any atom is -0.384 e. The molecule has 1 amide bonds. The number of anilines is 2. The van der Waals surface area contributed by atoms with Gasteiger partial charge in [-0.25, -0.2) is 4.98 Å². The molecule has 1 rings (SSSR count). The first kappa shape index (κ1) is 14.5. The molecular weight excluding hydrogens is 226 g/mol. The van der Waals surface area contributed by atoms with Crippen LogP contribution in [-0.4, -0.2) is 10.9 Å². The van der Waals surface area contributed by atoms with Crippen LogP contribution >= 0.6 is 0 Å². The van der Waals surface area contributed by atoms with E-state index in [1.54, 1.807) is 18.3 Å². The molecule has 0 bridgehead atoms. The molecule has 1 aromatic heterocycles. The largest absolute Gasteiger partial charge is 0.384 e. The van der Waals surface area contributed by atoms with Crippen molar-refractivity contribution < 1.29 is 4.79 Å². The smallest absolute Gasteiger partial charge is 0.224 e. The van der Waals surface area contributed by atoms with Crippen LogP contribution in [-0.2, 0) is 4.79 Å². The van der Waals surface area contributed by atoms with Crippen molar-refractivity contribution in [3.8, 4) is 0 Å². The van der Waals surface area contributed by atoms with E-state index < -0.39 is 0 Å². The van der Waals surface area contributed by atoms with E-state index in [4.69, 9.17) is 5.73 Å². The number of amides is 1. The highest BCUT2D eigenvalue weighted by molar-refractivity contribution is 5.90. The molecule has 100 valence electrons. The van der Waals surface area contributed by atoms with Gasteiger partial charge in [0.25, 0.3) is 0 Å². The molecule has 3 N–H and O–H groups in total. The molecule has 0 saturated carbocycles. The molecule has 1 aromatic rings. The standard InChI is InChI=1S/C14H23N3O/c1-3-5-6-11(4-2)9-14(18)17-12-7-8-13(15)16-10-12/h7-8,10-11H,3-6,9H2,1-2H3,(H2,15,16)(H,17,18). The lowest BCUT2D eigenvalue weighted by atomic mass is 9.95. The summed E-state index contributed by atoms with van der Waals surface area (Å²) in [7, 11) is 0. The van der Waals surface area contributed by atoms with Gasteiger partial charge in [0.05, 0.1) is 11.9 Å². The molecule has 0 aliphatic rings. The van der Waals surface area contributed by atoms with Gasteiger partial charge >= 0.3 is 0 Å². The monoisotopic (exact) mass is 249 g/mol. The first-order chi connectivity index (χ1) is 8.65. The second-order valence-electron chi connectivity index (χ2n) is 4.64. The minimum absolute atomic E-state index is 0.0597. The molecule has 0 aliphatic carbocycles. The van der Waals surface area contributed by atoms with Crippen LogP contribution in [0.25, 0.3) is 0 Å². The Bertz CT molecular complexity index is 362. The molecule has 0 aromatic carbocycles. The number of nitrogens with two attached hydrogens (primary N) is 1. The van der Waals surface area contributed by atoms with Crippen molar-refractivity contribution in [1.29, 1.82) is 0 Å². The molecule has 0 spiro atoms. The van der Waals surface area contributed by atoms with E-state index in [2.05, 4.69) is 24.1 Å². The van der Waals surface area contributed by atoms with E-state index in [1.807, 2.05) is 0 Å². The molecule has 0 saturated heterocycles. The van der Waals surface area contributed by atoms with Crippen LogP contribution in [0, 0.1) is 5.92 Å². The summed E-state index contributed by atoms with van der Waals surface area (Å²) in [6, 6.07) is 3.46. The third-order valence-electron chi connectivity index (χ3n) is 3.09. The predicted molar refractivity (Wildman–Crippen MR) is 75.2 cm³/mol. The lowest BCUT2D eigenvalue weighted by molar-refractivity contribution is -0.117. The highest BCUT2D eigenvalue weighted by Crippen LogP contribution is 2.17. The summed E-state index contributed by atoms with van der Waals surface area (Å²) in [5.41, 5.74) is 6.20. The van der Waals surface area contributed by atoms with Gasteiger partial charge in [-0.15, -0.1) is 0 Å². The van der Waals surface area contributed by atoms with Gasteiger partial charge in [0.15, 0.2) is 0 Å². The summed E-state index contributed by atoms with van der Waals surface area (Å²) >= 11 is 0. The zero-order valence-electron chi connectivity index (χ0n) is 11.3. The number of hydrogen-bond acceptors (Lipinski definition) is 3. The van der Waals surface area contributed by atoms with E-state index in [9.17, 15) is 4.79 Å². The second-order valence-corrected chi connectivity index (χ2v) is 4.64. The number of carbonyl (C=O) groups excluding carboxylic acids is 1. The van der Waals surface area contributed by atoms with Gasteiger partial charge in [-0.1, -0.05) is 33.1 Å². The summed E-state index contributed by atoms with van der Waals surface area (Å²) in [5.74, 6) is 0.999. The Balaban J connectivity index is 2.42. The SMILES string of the molecule is CCCCC(CC)CC(=O)Nc1ccc(N)nc1. The Morgan fingerprint density at radius 1 is 1.44 bits per heavy atom. The molecule has 1 unspecified atom stereocenters. The van der Waals surface area contributed by atoms with Gasteiger partial charge in [0, 0.05) is 6.42 Å². The van der Waals surface area contributed by atoms with Crippen molar-refractivity contribution in [3.63, 3.8) is 0 Å². The zero-order valence-corrected chi connectivity index (χ0v) is 11.3. The van der Waals surface area contributed by atoms with Crippen molar-refractivity contribution in [1.82, 2.24) is 4.98 Å². The number of hydrogen-bond donors (Lipinski definition) is 2. The van der Waals surface area contributed by atoms with Gasteiger partial charge in [-0.05, 0) is 24.5 Å². The van der Waals surface area contributed by atoms with Crippen LogP contribution < -0.4 is 11.1 Å². The zero-order chi connectivity index (χ0) is 13.4. The summed E-state index contributed by atoms with van der Waals surface area (Å²) in [6.07, 6.45) is 6.71. The van der Waals surface area contributed by atoms with Gasteiger partial charge < -0.3 is 11.1 Å². The van der Waals surface area contributed by atoms with E-state index in [0.29, 0.717) is 23.8 Å². The number of carbonyl (C=O) groups is 1. The maximum Gasteiger partial charge on any atom is 0.224 e. The Hall–Kier alpha value is -1.58. The van der Waals surface area contributed by atoms with Crippen molar-refractivity contribution in [2.45, 2.75) is 46.0 Å². The number of rotatable bonds is 7. The molecule has 0 radical (unpaired) electrons. The average Bonchev–Trinajstić information content (AvgIpc) is 2.37. The third-order valence-corrected chi connectivity index (χ3v) is 3.09. The van der Waals surface area contributed by atoms with Gasteiger partial charge in [-0.2, -0.15) is 0 Å². The second kappa shape index (κ2) is 7.69. The quantitative estimate of drug-likeness (QED) is 0.779. The van der Waals surface area contributed by atoms with Gasteiger partial charge in [0.2, 0.25) is 5.91 Å². The third kappa shape index (κ3) is 5.17. The van der Waals surface area contributed by atoms with Gasteiger partial charge in [-0.3, -0.25) is 4.79 Å². The molecule has 1 heterocycles. The lowest BCUT2D eigenvalue weighted by Crippen LogP contribution is -2.16. The molecule has 0 fully saturated rings. The van der Waals surface area contributed by atoms with Crippen LogP contribution in [0.2, 0.25) is 0 Å². The fourth-order valence-electron chi connectivity index (χ4n) is 1.90. The fourth-order valence-corrected chi connectivity index (χ4v) is 1.90. The topological polar surface area (TPSA) is 68.0 Å². The van der Waals surface area contributed by atoms with Crippen LogP contribution in [0.3, 0.4) is 0 Å². The van der Waals surface area contributed by atoms with Crippen LogP contribution in [0.15, 0.2) is 18.3 Å². The number of pyridine rings is 1. The molecule has 1 atom stereocenters. The molecular formula is C14H23N3O. The Morgan fingerprint density at radius 3 is 2.78 bits per heavy atom. The highest BCUT2D eigenvalue weighted by Gasteiger charge is 2.11. The van der Waals surface area contributed by atoms with Crippen LogP contribution in [0.5, 0.6) is 0 Å². The van der Waals surface area contributed by atoms with Crippen molar-refractivity contribution in [2.75, 3.05) is 11.1 Å². The summed E-state index contributed by atoms with van der Waals surface area (Å²) in [6.45, 7) is 4.31. The Kier molecular flexibility index (Phi) is 6.19. The summed E-state index contributed by atoms with van der Waals surface area (Å²) in [4.78, 5) is 15.8. The maximum absolute atomic E-state index is 11.9. The Morgan fingerprint density at radius 2 is 2.22 bits per heavy atom. The number of nitrogens with one attached hydrogen (secondary N) is 1. The predicted octanol–water partition coefficient (Wildman–Crippen LogP) is 3.21. The van der Waals surface area contributed by atoms with E-state index in [1.165, 1.54) is 12.8 Å². The van der Waals surface area contributed by atoms with E-state index >= 15 is 0 Å².